The van der Waals surface area contributed by atoms with Gasteiger partial charge < -0.3 is 0 Å². The van der Waals surface area contributed by atoms with Crippen molar-refractivity contribution in [2.24, 2.45) is 0 Å². The van der Waals surface area contributed by atoms with E-state index in [0.717, 1.165) is 25.4 Å². The Morgan fingerprint density at radius 3 is 2.07 bits per heavy atom. The molecule has 1 rings (SSSR count). The maximum atomic E-state index is 6.17. The molecule has 0 aliphatic heterocycles. The van der Waals surface area contributed by atoms with Gasteiger partial charge in [-0.25, -0.2) is 4.52 Å². The topological polar surface area (TPSA) is 9.23 Å². The predicted molar refractivity (Wildman–Crippen MR) is 70.3 cm³/mol. The summed E-state index contributed by atoms with van der Waals surface area (Å²) in [5.74, 6) is 0. The summed E-state index contributed by atoms with van der Waals surface area (Å²) in [6.45, 7) is 7.56. The minimum Gasteiger partial charge on any atom is -0.233 e. The summed E-state index contributed by atoms with van der Waals surface area (Å²) >= 11 is 0. The first-order chi connectivity index (χ1) is 7.29. The summed E-state index contributed by atoms with van der Waals surface area (Å²) in [7, 11) is -1.33. The van der Waals surface area contributed by atoms with Crippen molar-refractivity contribution in [1.82, 2.24) is 0 Å². The zero-order valence-corrected chi connectivity index (χ0v) is 11.0. The van der Waals surface area contributed by atoms with Crippen LogP contribution in [0.2, 0.25) is 0 Å². The van der Waals surface area contributed by atoms with Crippen LogP contribution < -0.4 is 5.30 Å². The third-order valence-electron chi connectivity index (χ3n) is 2.79. The van der Waals surface area contributed by atoms with Crippen LogP contribution in [0.1, 0.15) is 27.2 Å². The van der Waals surface area contributed by atoms with Crippen molar-refractivity contribution >= 4 is 12.8 Å². The molecule has 0 heterocycles. The van der Waals surface area contributed by atoms with Crippen LogP contribution in [-0.2, 0) is 4.52 Å². The Balaban J connectivity index is 2.89. The van der Waals surface area contributed by atoms with Gasteiger partial charge in [-0.15, -0.1) is 0 Å². The van der Waals surface area contributed by atoms with Gasteiger partial charge in [0.2, 0.25) is 0 Å². The molecule has 0 fully saturated rings. The Hall–Kier alpha value is -0.390. The molecule has 0 aromatic heterocycles. The first-order valence-electron chi connectivity index (χ1n) is 5.86. The molecule has 0 spiro atoms. The fraction of sp³-hybridized carbons (Fsp3) is 0.538. The first-order valence-corrected chi connectivity index (χ1v) is 7.94. The lowest BCUT2D eigenvalue weighted by atomic mass is 10.4. The Morgan fingerprint density at radius 2 is 1.60 bits per heavy atom. The third-order valence-corrected chi connectivity index (χ3v) is 6.75. The number of rotatable bonds is 6. The van der Waals surface area contributed by atoms with Crippen LogP contribution in [0.3, 0.4) is 0 Å². The molecular weight excluding hydrogens is 203 g/mol. The molecule has 0 N–H and O–H groups in total. The van der Waals surface area contributed by atoms with Crippen molar-refractivity contribution in [1.29, 1.82) is 0 Å². The maximum Gasteiger partial charge on any atom is 0.177 e. The van der Waals surface area contributed by atoms with Gasteiger partial charge in [-0.3, -0.25) is 0 Å². The minimum absolute atomic E-state index is 0.893. The number of benzene rings is 1. The normalized spacial score (nSPS) is 11.7. The van der Waals surface area contributed by atoms with Crippen LogP contribution >= 0.6 is 7.49 Å². The summed E-state index contributed by atoms with van der Waals surface area (Å²) in [5.41, 5.74) is 0. The van der Waals surface area contributed by atoms with Crippen LogP contribution in [-0.4, -0.2) is 18.9 Å². The molecule has 15 heavy (non-hydrogen) atoms. The Bertz CT molecular complexity index is 267. The molecule has 84 valence electrons. The molecule has 0 amide bonds. The van der Waals surface area contributed by atoms with Crippen molar-refractivity contribution in [3.63, 3.8) is 0 Å². The van der Waals surface area contributed by atoms with Crippen molar-refractivity contribution in [2.45, 2.75) is 27.2 Å². The van der Waals surface area contributed by atoms with E-state index in [1.165, 1.54) is 5.30 Å². The van der Waals surface area contributed by atoms with E-state index in [1.807, 2.05) is 0 Å². The highest BCUT2D eigenvalue weighted by Gasteiger charge is 2.38. The lowest BCUT2D eigenvalue weighted by Gasteiger charge is -2.23. The van der Waals surface area contributed by atoms with E-state index in [1.54, 1.807) is 0 Å². The van der Waals surface area contributed by atoms with Gasteiger partial charge in [0.1, 0.15) is 5.30 Å². The third kappa shape index (κ3) is 3.03. The Labute approximate surface area is 94.3 Å². The summed E-state index contributed by atoms with van der Waals surface area (Å²) in [6, 6.07) is 10.7. The van der Waals surface area contributed by atoms with E-state index in [-0.39, 0.29) is 0 Å². The molecule has 2 heteroatoms. The van der Waals surface area contributed by atoms with E-state index in [4.69, 9.17) is 4.52 Å². The highest BCUT2D eigenvalue weighted by atomic mass is 31.2. The second-order valence-corrected chi connectivity index (χ2v) is 7.51. The summed E-state index contributed by atoms with van der Waals surface area (Å²) in [4.78, 5) is 0. The summed E-state index contributed by atoms with van der Waals surface area (Å²) in [5, 5.41) is 1.42. The van der Waals surface area contributed by atoms with Gasteiger partial charge >= 0.3 is 0 Å². The highest BCUT2D eigenvalue weighted by molar-refractivity contribution is 7.78. The lowest BCUT2D eigenvalue weighted by molar-refractivity contribution is 0.345. The largest absolute Gasteiger partial charge is 0.233 e. The van der Waals surface area contributed by atoms with E-state index < -0.39 is 7.49 Å². The second-order valence-electron chi connectivity index (χ2n) is 3.69. The van der Waals surface area contributed by atoms with Gasteiger partial charge in [0, 0.05) is 0 Å². The number of hydrogen-bond acceptors (Lipinski definition) is 1. The molecule has 1 aromatic carbocycles. The molecule has 1 nitrogen and oxygen atoms in total. The predicted octanol–water partition coefficient (Wildman–Crippen LogP) is 3.71. The SMILES string of the molecule is CCCO[P+](CC)(CC)c1ccccc1. The van der Waals surface area contributed by atoms with Crippen LogP contribution in [0.4, 0.5) is 0 Å². The van der Waals surface area contributed by atoms with Crippen LogP contribution in [0.25, 0.3) is 0 Å². The standard InChI is InChI=1S/C13H22OP/c1-4-12-14-15(5-2,6-3)13-10-8-7-9-11-13/h7-11H,4-6,12H2,1-3H3/q+1. The zero-order valence-electron chi connectivity index (χ0n) is 10.1. The highest BCUT2D eigenvalue weighted by Crippen LogP contribution is 2.57. The average Bonchev–Trinajstić information content (AvgIpc) is 2.33. The molecule has 0 saturated carbocycles. The Kier molecular flexibility index (Phi) is 5.28. The molecule has 0 aliphatic rings. The van der Waals surface area contributed by atoms with Crippen LogP contribution in [0, 0.1) is 0 Å². The van der Waals surface area contributed by atoms with Gasteiger partial charge in [-0.2, -0.15) is 0 Å². The van der Waals surface area contributed by atoms with Crippen molar-refractivity contribution in [2.75, 3.05) is 18.9 Å². The summed E-state index contributed by atoms with van der Waals surface area (Å²) < 4.78 is 6.17. The average molecular weight is 225 g/mol. The molecule has 0 bridgehead atoms. The van der Waals surface area contributed by atoms with Gasteiger partial charge in [0.05, 0.1) is 18.9 Å². The first kappa shape index (κ1) is 12.7. The molecule has 0 atom stereocenters. The van der Waals surface area contributed by atoms with Crippen molar-refractivity contribution < 1.29 is 4.52 Å². The second kappa shape index (κ2) is 6.25. The molecule has 0 unspecified atom stereocenters. The van der Waals surface area contributed by atoms with Gasteiger partial charge in [-0.1, -0.05) is 25.1 Å². The quantitative estimate of drug-likeness (QED) is 0.670. The van der Waals surface area contributed by atoms with Gasteiger partial charge in [0.25, 0.3) is 0 Å². The van der Waals surface area contributed by atoms with E-state index in [0.29, 0.717) is 0 Å². The van der Waals surface area contributed by atoms with Crippen LogP contribution in [0.5, 0.6) is 0 Å². The van der Waals surface area contributed by atoms with E-state index in [9.17, 15) is 0 Å². The summed E-state index contributed by atoms with van der Waals surface area (Å²) in [6.07, 6.45) is 3.40. The van der Waals surface area contributed by atoms with E-state index >= 15 is 0 Å². The van der Waals surface area contributed by atoms with Crippen molar-refractivity contribution in [3.05, 3.63) is 30.3 Å². The van der Waals surface area contributed by atoms with Crippen LogP contribution in [0.15, 0.2) is 30.3 Å². The molecular formula is C13H22OP+. The molecule has 0 aliphatic carbocycles. The van der Waals surface area contributed by atoms with E-state index in [2.05, 4.69) is 51.1 Å². The molecule has 0 radical (unpaired) electrons. The minimum atomic E-state index is -1.33. The zero-order chi connectivity index (χ0) is 11.1. The fourth-order valence-corrected chi connectivity index (χ4v) is 4.75. The lowest BCUT2D eigenvalue weighted by Crippen LogP contribution is -2.18. The van der Waals surface area contributed by atoms with Gasteiger partial charge in [-0.05, 0) is 32.4 Å². The van der Waals surface area contributed by atoms with Crippen molar-refractivity contribution in [3.8, 4) is 0 Å². The number of hydrogen-bond donors (Lipinski definition) is 0. The smallest absolute Gasteiger partial charge is 0.177 e. The fourth-order valence-electron chi connectivity index (χ4n) is 1.81. The monoisotopic (exact) mass is 225 g/mol. The molecule has 0 saturated heterocycles. The maximum absolute atomic E-state index is 6.17. The molecule has 1 aromatic rings. The Morgan fingerprint density at radius 1 is 1.00 bits per heavy atom. The van der Waals surface area contributed by atoms with Gasteiger partial charge in [0.15, 0.2) is 7.49 Å².